The van der Waals surface area contributed by atoms with E-state index in [9.17, 15) is 0 Å². The van der Waals surface area contributed by atoms with Gasteiger partial charge in [-0.25, -0.2) is 4.68 Å². The van der Waals surface area contributed by atoms with Crippen LogP contribution in [0.25, 0.3) is 0 Å². The fourth-order valence-electron chi connectivity index (χ4n) is 5.76. The first kappa shape index (κ1) is 12.7. The topological polar surface area (TPSA) is 43.8 Å². The highest BCUT2D eigenvalue weighted by atomic mass is 15.3. The Balaban J connectivity index is 1.39. The lowest BCUT2D eigenvalue weighted by molar-refractivity contribution is -0.0414. The van der Waals surface area contributed by atoms with E-state index in [1.165, 1.54) is 38.5 Å². The Bertz CT molecular complexity index is 450. The third-order valence-corrected chi connectivity index (χ3v) is 6.46. The number of nitrogen functional groups attached to an aromatic ring is 1. The van der Waals surface area contributed by atoms with Crippen LogP contribution in [0.4, 0.5) is 5.82 Å². The smallest absolute Gasteiger partial charge is 0.121 e. The van der Waals surface area contributed by atoms with Crippen LogP contribution >= 0.6 is 0 Å². The fraction of sp³-hybridized carbons (Fsp3) is 0.824. The summed E-state index contributed by atoms with van der Waals surface area (Å²) < 4.78 is 2.00. The van der Waals surface area contributed by atoms with Crippen molar-refractivity contribution in [3.05, 3.63) is 12.3 Å². The molecule has 0 aliphatic heterocycles. The molecule has 3 nitrogen and oxygen atoms in total. The van der Waals surface area contributed by atoms with Crippen LogP contribution in [0.5, 0.6) is 0 Å². The molecular weight excluding hydrogens is 246 g/mol. The number of hydrogen-bond donors (Lipinski definition) is 1. The average Bonchev–Trinajstić information content (AvgIpc) is 2.83. The summed E-state index contributed by atoms with van der Waals surface area (Å²) in [4.78, 5) is 0. The molecule has 0 aromatic carbocycles. The van der Waals surface area contributed by atoms with Crippen molar-refractivity contribution in [1.82, 2.24) is 9.78 Å². The molecule has 4 aliphatic carbocycles. The molecule has 4 aliphatic rings. The number of nitrogens with zero attached hydrogens (tertiary/aromatic N) is 2. The standard InChI is InChI=1S/C17H27N3/c1-11(20-17(18)4-5-19-20)2-3-16-14-7-12-6-13(9-14)10-15(16)8-12/h4-5,11-16H,2-3,6-10,18H2,1H3. The Morgan fingerprint density at radius 2 is 1.85 bits per heavy atom. The van der Waals surface area contributed by atoms with Gasteiger partial charge in [0, 0.05) is 0 Å². The van der Waals surface area contributed by atoms with Crippen LogP contribution in [0.3, 0.4) is 0 Å². The zero-order valence-corrected chi connectivity index (χ0v) is 12.5. The molecule has 110 valence electrons. The zero-order chi connectivity index (χ0) is 13.7. The molecule has 0 saturated heterocycles. The molecule has 20 heavy (non-hydrogen) atoms. The van der Waals surface area contributed by atoms with Gasteiger partial charge in [0.25, 0.3) is 0 Å². The van der Waals surface area contributed by atoms with Gasteiger partial charge in [-0.3, -0.25) is 0 Å². The molecule has 2 N–H and O–H groups in total. The third-order valence-electron chi connectivity index (χ3n) is 6.46. The van der Waals surface area contributed by atoms with E-state index in [0.29, 0.717) is 6.04 Å². The lowest BCUT2D eigenvalue weighted by atomic mass is 9.51. The quantitative estimate of drug-likeness (QED) is 0.904. The van der Waals surface area contributed by atoms with Gasteiger partial charge in [0.2, 0.25) is 0 Å². The van der Waals surface area contributed by atoms with Crippen molar-refractivity contribution in [2.75, 3.05) is 5.73 Å². The van der Waals surface area contributed by atoms with E-state index in [1.807, 2.05) is 16.9 Å². The highest BCUT2D eigenvalue weighted by Crippen LogP contribution is 2.57. The molecule has 0 spiro atoms. The summed E-state index contributed by atoms with van der Waals surface area (Å²) in [6, 6.07) is 2.35. The Labute approximate surface area is 121 Å². The summed E-state index contributed by atoms with van der Waals surface area (Å²) in [5, 5.41) is 4.36. The fourth-order valence-corrected chi connectivity index (χ4v) is 5.76. The second-order valence-corrected chi connectivity index (χ2v) is 7.72. The minimum Gasteiger partial charge on any atom is -0.384 e. The Morgan fingerprint density at radius 3 is 2.40 bits per heavy atom. The molecule has 3 heteroatoms. The Hall–Kier alpha value is -0.990. The van der Waals surface area contributed by atoms with Gasteiger partial charge >= 0.3 is 0 Å². The molecule has 5 rings (SSSR count). The van der Waals surface area contributed by atoms with E-state index < -0.39 is 0 Å². The molecule has 4 fully saturated rings. The first-order valence-electron chi connectivity index (χ1n) is 8.49. The Kier molecular flexibility index (Phi) is 3.04. The molecule has 1 heterocycles. The summed E-state index contributed by atoms with van der Waals surface area (Å²) in [5.74, 6) is 6.09. The highest BCUT2D eigenvalue weighted by Gasteiger charge is 2.47. The van der Waals surface area contributed by atoms with Crippen LogP contribution in [-0.2, 0) is 0 Å². The maximum Gasteiger partial charge on any atom is 0.121 e. The number of anilines is 1. The van der Waals surface area contributed by atoms with Crippen LogP contribution < -0.4 is 5.73 Å². The predicted octanol–water partition coefficient (Wildman–Crippen LogP) is 3.88. The minimum absolute atomic E-state index is 0.446. The third kappa shape index (κ3) is 2.06. The Morgan fingerprint density at radius 1 is 1.20 bits per heavy atom. The predicted molar refractivity (Wildman–Crippen MR) is 81.1 cm³/mol. The maximum atomic E-state index is 5.97. The summed E-state index contributed by atoms with van der Waals surface area (Å²) >= 11 is 0. The van der Waals surface area contributed by atoms with Gasteiger partial charge in [-0.2, -0.15) is 5.10 Å². The van der Waals surface area contributed by atoms with E-state index >= 15 is 0 Å². The number of rotatable bonds is 4. The summed E-state index contributed by atoms with van der Waals surface area (Å²) in [6.07, 6.45) is 12.1. The van der Waals surface area contributed by atoms with Crippen molar-refractivity contribution in [3.8, 4) is 0 Å². The van der Waals surface area contributed by atoms with Crippen LogP contribution in [0.15, 0.2) is 12.3 Å². The van der Waals surface area contributed by atoms with Crippen LogP contribution in [0.1, 0.15) is 57.9 Å². The molecule has 1 unspecified atom stereocenters. The lowest BCUT2D eigenvalue weighted by Crippen LogP contribution is -2.45. The average molecular weight is 273 g/mol. The summed E-state index contributed by atoms with van der Waals surface area (Å²) in [7, 11) is 0. The van der Waals surface area contributed by atoms with Gasteiger partial charge in [-0.1, -0.05) is 0 Å². The van der Waals surface area contributed by atoms with E-state index in [4.69, 9.17) is 5.73 Å². The van der Waals surface area contributed by atoms with Gasteiger partial charge in [0.05, 0.1) is 12.2 Å². The van der Waals surface area contributed by atoms with Crippen molar-refractivity contribution in [2.24, 2.45) is 29.6 Å². The number of hydrogen-bond acceptors (Lipinski definition) is 2. The molecule has 1 aromatic rings. The molecule has 1 aromatic heterocycles. The van der Waals surface area contributed by atoms with Crippen molar-refractivity contribution in [1.29, 1.82) is 0 Å². The summed E-state index contributed by atoms with van der Waals surface area (Å²) in [6.45, 7) is 2.26. The first-order chi connectivity index (χ1) is 9.70. The molecule has 0 radical (unpaired) electrons. The van der Waals surface area contributed by atoms with Gasteiger partial charge in [-0.05, 0) is 87.5 Å². The van der Waals surface area contributed by atoms with Crippen LogP contribution in [0.2, 0.25) is 0 Å². The van der Waals surface area contributed by atoms with Crippen molar-refractivity contribution in [2.45, 2.75) is 57.9 Å². The zero-order valence-electron chi connectivity index (χ0n) is 12.5. The first-order valence-corrected chi connectivity index (χ1v) is 8.49. The van der Waals surface area contributed by atoms with E-state index in [1.54, 1.807) is 6.42 Å². The van der Waals surface area contributed by atoms with Crippen LogP contribution in [-0.4, -0.2) is 9.78 Å². The van der Waals surface area contributed by atoms with Crippen LogP contribution in [0, 0.1) is 29.6 Å². The lowest BCUT2D eigenvalue weighted by Gasteiger charge is -2.54. The van der Waals surface area contributed by atoms with Gasteiger partial charge in [0.15, 0.2) is 0 Å². The van der Waals surface area contributed by atoms with Gasteiger partial charge in [-0.15, -0.1) is 0 Å². The van der Waals surface area contributed by atoms with E-state index in [-0.39, 0.29) is 0 Å². The molecule has 1 atom stereocenters. The van der Waals surface area contributed by atoms with E-state index in [2.05, 4.69) is 12.0 Å². The van der Waals surface area contributed by atoms with Crippen molar-refractivity contribution in [3.63, 3.8) is 0 Å². The number of nitrogens with two attached hydrogens (primary N) is 1. The largest absolute Gasteiger partial charge is 0.384 e. The molecule has 0 amide bonds. The summed E-state index contributed by atoms with van der Waals surface area (Å²) in [5.41, 5.74) is 5.97. The minimum atomic E-state index is 0.446. The molecule has 4 bridgehead atoms. The SMILES string of the molecule is CC(CCC1C2CC3CC(C2)CC1C3)n1nccc1N. The van der Waals surface area contributed by atoms with Crippen molar-refractivity contribution >= 4 is 5.82 Å². The maximum absolute atomic E-state index is 5.97. The second-order valence-electron chi connectivity index (χ2n) is 7.72. The number of aromatic nitrogens is 2. The molecule has 4 saturated carbocycles. The highest BCUT2D eigenvalue weighted by molar-refractivity contribution is 5.26. The van der Waals surface area contributed by atoms with E-state index in [0.717, 1.165) is 35.4 Å². The second kappa shape index (κ2) is 4.78. The monoisotopic (exact) mass is 273 g/mol. The van der Waals surface area contributed by atoms with Gasteiger partial charge < -0.3 is 5.73 Å². The normalized spacial score (nSPS) is 40.1. The van der Waals surface area contributed by atoms with Gasteiger partial charge in [0.1, 0.15) is 5.82 Å². The molecular formula is C17H27N3. The van der Waals surface area contributed by atoms with Crippen molar-refractivity contribution < 1.29 is 0 Å².